The summed E-state index contributed by atoms with van der Waals surface area (Å²) in [6.45, 7) is -1.23. The summed E-state index contributed by atoms with van der Waals surface area (Å²) in [7, 11) is 1.45. The number of aromatic nitrogens is 1. The highest BCUT2D eigenvalue weighted by molar-refractivity contribution is 5.55. The summed E-state index contributed by atoms with van der Waals surface area (Å²) in [5, 5.41) is 17.2. The fourth-order valence-corrected chi connectivity index (χ4v) is 3.75. The molecule has 0 amide bonds. The molecular formula is C24H20F7N5O2. The second-order valence-electron chi connectivity index (χ2n) is 8.41. The minimum atomic E-state index is -4.54. The Hall–Kier alpha value is -3.91. The molecule has 2 N–H and O–H groups in total. The van der Waals surface area contributed by atoms with E-state index in [0.29, 0.717) is 12.1 Å². The Balaban J connectivity index is 1.59. The summed E-state index contributed by atoms with van der Waals surface area (Å²) in [6.07, 6.45) is -2.57. The van der Waals surface area contributed by atoms with Gasteiger partial charge in [-0.25, -0.2) is 13.9 Å². The van der Waals surface area contributed by atoms with Gasteiger partial charge in [0.1, 0.15) is 36.0 Å². The summed E-state index contributed by atoms with van der Waals surface area (Å²) < 4.78 is 104. The molecule has 1 aliphatic heterocycles. The van der Waals surface area contributed by atoms with Gasteiger partial charge < -0.3 is 9.84 Å². The molecule has 0 fully saturated rings. The Morgan fingerprint density at radius 3 is 2.37 bits per heavy atom. The number of hydrazone groups is 1. The first-order valence-corrected chi connectivity index (χ1v) is 10.9. The second kappa shape index (κ2) is 10.1. The van der Waals surface area contributed by atoms with Gasteiger partial charge in [-0.05, 0) is 42.0 Å². The molecule has 202 valence electrons. The summed E-state index contributed by atoms with van der Waals surface area (Å²) in [5.41, 5.74) is -3.28. The number of hydrazine groups is 2. The topological polar surface area (TPSA) is 73.2 Å². The lowest BCUT2D eigenvalue weighted by Crippen LogP contribution is -2.55. The van der Waals surface area contributed by atoms with E-state index in [9.17, 15) is 27.1 Å². The average molecular weight is 543 g/mol. The lowest BCUT2D eigenvalue weighted by molar-refractivity contribution is -0.207. The van der Waals surface area contributed by atoms with Crippen molar-refractivity contribution in [3.8, 4) is 5.75 Å². The first-order chi connectivity index (χ1) is 17.8. The van der Waals surface area contributed by atoms with Crippen molar-refractivity contribution in [2.75, 3.05) is 13.6 Å². The Bertz CT molecular complexity index is 1320. The zero-order chi connectivity index (χ0) is 27.7. The van der Waals surface area contributed by atoms with Crippen LogP contribution in [0.25, 0.3) is 0 Å². The monoisotopic (exact) mass is 543 g/mol. The van der Waals surface area contributed by atoms with Crippen LogP contribution < -0.4 is 10.3 Å². The number of alkyl halides is 5. The van der Waals surface area contributed by atoms with Crippen molar-refractivity contribution in [3.63, 3.8) is 0 Å². The minimum absolute atomic E-state index is 0.0477. The maximum Gasteiger partial charge on any atom is 0.416 e. The largest absolute Gasteiger partial charge is 0.487 e. The Labute approximate surface area is 211 Å². The number of hydrogen-bond donors (Lipinski definition) is 2. The molecule has 1 unspecified atom stereocenters. The van der Waals surface area contributed by atoms with Crippen LogP contribution in [-0.2, 0) is 24.3 Å². The van der Waals surface area contributed by atoms with Gasteiger partial charge in [0.2, 0.25) is 0 Å². The third kappa shape index (κ3) is 5.50. The predicted octanol–water partition coefficient (Wildman–Crippen LogP) is 4.55. The molecule has 1 aromatic heterocycles. The van der Waals surface area contributed by atoms with Crippen molar-refractivity contribution in [1.29, 1.82) is 0 Å². The van der Waals surface area contributed by atoms with E-state index in [2.05, 4.69) is 15.6 Å². The van der Waals surface area contributed by atoms with Gasteiger partial charge in [-0.3, -0.25) is 9.99 Å². The molecule has 1 atom stereocenters. The van der Waals surface area contributed by atoms with Crippen LogP contribution in [0, 0.1) is 11.6 Å². The standard InChI is InChI=1S/C24H20F7N5O2/c1-35-33-14-36(34-35)13-22(37,19-7-5-17(25)10-20(19)26)23(27,28)21-8-6-18(11-32-21)38-12-15-3-2-4-16(9-15)24(29,30)31/h2-11,14,34,37H,12-13H2,1H3. The lowest BCUT2D eigenvalue weighted by Gasteiger charge is -2.38. The summed E-state index contributed by atoms with van der Waals surface area (Å²) in [5.74, 6) is -6.72. The van der Waals surface area contributed by atoms with E-state index in [1.54, 1.807) is 0 Å². The molecule has 0 aliphatic carbocycles. The highest BCUT2D eigenvalue weighted by atomic mass is 19.4. The Morgan fingerprint density at radius 1 is 1.00 bits per heavy atom. The number of halogens is 7. The molecule has 2 aromatic carbocycles. The van der Waals surface area contributed by atoms with E-state index in [4.69, 9.17) is 4.74 Å². The molecule has 2 heterocycles. The quantitative estimate of drug-likeness (QED) is 0.407. The van der Waals surface area contributed by atoms with Crippen molar-refractivity contribution in [3.05, 3.63) is 94.8 Å². The van der Waals surface area contributed by atoms with E-state index in [1.807, 2.05) is 0 Å². The number of pyridine rings is 1. The van der Waals surface area contributed by atoms with Crippen LogP contribution in [0.1, 0.15) is 22.4 Å². The van der Waals surface area contributed by atoms with Crippen LogP contribution in [0.5, 0.6) is 5.75 Å². The van der Waals surface area contributed by atoms with Crippen molar-refractivity contribution < 1.29 is 40.6 Å². The Morgan fingerprint density at radius 2 is 1.76 bits per heavy atom. The van der Waals surface area contributed by atoms with Gasteiger partial charge in [0.05, 0.1) is 18.3 Å². The third-order valence-electron chi connectivity index (χ3n) is 5.65. The number of benzene rings is 2. The molecule has 4 rings (SSSR count). The van der Waals surface area contributed by atoms with Crippen LogP contribution in [0.15, 0.2) is 65.9 Å². The Kier molecular flexibility index (Phi) is 7.21. The smallest absolute Gasteiger partial charge is 0.416 e. The number of nitrogens with one attached hydrogen (secondary N) is 1. The fourth-order valence-electron chi connectivity index (χ4n) is 3.75. The normalized spacial score (nSPS) is 15.6. The highest BCUT2D eigenvalue weighted by Crippen LogP contribution is 2.46. The zero-order valence-electron chi connectivity index (χ0n) is 19.6. The van der Waals surface area contributed by atoms with E-state index < -0.39 is 52.7 Å². The highest BCUT2D eigenvalue weighted by Gasteiger charge is 2.58. The number of hydrogen-bond acceptors (Lipinski definition) is 7. The maximum absolute atomic E-state index is 15.8. The molecule has 14 heteroatoms. The number of ether oxygens (including phenoxy) is 1. The number of rotatable bonds is 8. The van der Waals surface area contributed by atoms with Crippen molar-refractivity contribution in [2.24, 2.45) is 5.10 Å². The van der Waals surface area contributed by atoms with Crippen molar-refractivity contribution >= 4 is 6.34 Å². The first kappa shape index (κ1) is 27.1. The van der Waals surface area contributed by atoms with E-state index in [1.165, 1.54) is 19.2 Å². The molecule has 0 spiro atoms. The van der Waals surface area contributed by atoms with Crippen LogP contribution in [0.3, 0.4) is 0 Å². The fraction of sp³-hybridized carbons (Fsp3) is 0.250. The van der Waals surface area contributed by atoms with Gasteiger partial charge in [0, 0.05) is 18.7 Å². The van der Waals surface area contributed by atoms with Crippen LogP contribution >= 0.6 is 0 Å². The zero-order valence-corrected chi connectivity index (χ0v) is 19.6. The molecule has 7 nitrogen and oxygen atoms in total. The molecule has 38 heavy (non-hydrogen) atoms. The summed E-state index contributed by atoms with van der Waals surface area (Å²) in [6, 6.07) is 8.10. The maximum atomic E-state index is 15.8. The van der Waals surface area contributed by atoms with Gasteiger partial charge in [-0.2, -0.15) is 22.0 Å². The van der Waals surface area contributed by atoms with Gasteiger partial charge in [0.15, 0.2) is 5.60 Å². The first-order valence-electron chi connectivity index (χ1n) is 10.9. The molecular weight excluding hydrogens is 523 g/mol. The van der Waals surface area contributed by atoms with Gasteiger partial charge in [0.25, 0.3) is 0 Å². The predicted molar refractivity (Wildman–Crippen MR) is 120 cm³/mol. The number of aliphatic hydroxyl groups is 1. The summed E-state index contributed by atoms with van der Waals surface area (Å²) >= 11 is 0. The minimum Gasteiger partial charge on any atom is -0.487 e. The van der Waals surface area contributed by atoms with Gasteiger partial charge >= 0.3 is 12.1 Å². The lowest BCUT2D eigenvalue weighted by atomic mass is 9.84. The SMILES string of the molecule is CN1N=CN(CC(O)(c2ccc(F)cc2F)C(F)(F)c2ccc(OCc3cccc(C(F)(F)F)c3)cn2)N1. The van der Waals surface area contributed by atoms with Crippen LogP contribution in [0.4, 0.5) is 30.7 Å². The second-order valence-corrected chi connectivity index (χ2v) is 8.41. The molecule has 3 aromatic rings. The molecule has 0 saturated heterocycles. The van der Waals surface area contributed by atoms with Gasteiger partial charge in [-0.15, -0.1) is 10.6 Å². The van der Waals surface area contributed by atoms with Gasteiger partial charge in [-0.1, -0.05) is 12.1 Å². The third-order valence-corrected chi connectivity index (χ3v) is 5.65. The molecule has 0 radical (unpaired) electrons. The van der Waals surface area contributed by atoms with E-state index in [-0.39, 0.29) is 17.9 Å². The summed E-state index contributed by atoms with van der Waals surface area (Å²) in [4.78, 5) is 3.65. The number of nitrogens with zero attached hydrogens (tertiary/aromatic N) is 4. The van der Waals surface area contributed by atoms with Crippen molar-refractivity contribution in [1.82, 2.24) is 20.6 Å². The van der Waals surface area contributed by atoms with Crippen LogP contribution in [0.2, 0.25) is 0 Å². The number of β-amino-alcohol motifs (C(OH)–C–C–N with tert-alkyl or cyclic N) is 1. The van der Waals surface area contributed by atoms with E-state index in [0.717, 1.165) is 53.0 Å². The molecule has 0 bridgehead atoms. The molecule has 1 aliphatic rings. The molecule has 0 saturated carbocycles. The van der Waals surface area contributed by atoms with Crippen molar-refractivity contribution in [2.45, 2.75) is 24.3 Å². The van der Waals surface area contributed by atoms with E-state index >= 15 is 8.78 Å². The van der Waals surface area contributed by atoms with Crippen LogP contribution in [-0.4, -0.2) is 40.1 Å². The average Bonchev–Trinajstić information content (AvgIpc) is 3.26.